The van der Waals surface area contributed by atoms with Gasteiger partial charge in [0.25, 0.3) is 0 Å². The van der Waals surface area contributed by atoms with Crippen molar-refractivity contribution in [1.82, 2.24) is 16.0 Å². The number of hydrogen-bond acceptors (Lipinski definition) is 10. The zero-order valence-corrected chi connectivity index (χ0v) is 20.4. The van der Waals surface area contributed by atoms with Gasteiger partial charge in [-0.15, -0.1) is 0 Å². The van der Waals surface area contributed by atoms with Gasteiger partial charge in [0.15, 0.2) is 0 Å². The van der Waals surface area contributed by atoms with E-state index in [4.69, 9.17) is 33.2 Å². The van der Waals surface area contributed by atoms with Crippen LogP contribution in [0.25, 0.3) is 0 Å². The molecule has 13 nitrogen and oxygen atoms in total. The molecule has 34 heavy (non-hydrogen) atoms. The third-order valence-corrected chi connectivity index (χ3v) is 3.87. The maximum absolute atomic E-state index is 11.6. The highest BCUT2D eigenvalue weighted by Crippen LogP contribution is 1.86. The second-order valence-corrected chi connectivity index (χ2v) is 6.71. The molecule has 3 N–H and O–H groups in total. The van der Waals surface area contributed by atoms with Crippen molar-refractivity contribution in [2.45, 2.75) is 6.42 Å². The van der Waals surface area contributed by atoms with E-state index in [-0.39, 0.29) is 44.1 Å². The first kappa shape index (κ1) is 32.1. The van der Waals surface area contributed by atoms with Crippen molar-refractivity contribution in [2.24, 2.45) is 0 Å². The third kappa shape index (κ3) is 24.8. The quantitative estimate of drug-likeness (QED) is 0.123. The number of nitrogens with one attached hydrogen (secondary N) is 3. The average Bonchev–Trinajstić information content (AvgIpc) is 2.83. The summed E-state index contributed by atoms with van der Waals surface area (Å²) in [5.41, 5.74) is 0. The van der Waals surface area contributed by atoms with E-state index in [1.54, 1.807) is 14.2 Å². The van der Waals surface area contributed by atoms with Crippen LogP contribution in [0, 0.1) is 0 Å². The van der Waals surface area contributed by atoms with Crippen LogP contribution < -0.4 is 16.0 Å². The maximum atomic E-state index is 11.6. The third-order valence-electron chi connectivity index (χ3n) is 3.87. The standard InChI is InChI=1S/C21H41N3O10/c1-22-19(25)16-32-7-3-6-29-8-4-23-20(26)17-33-14-12-30-9-5-24-21(27)18-34-15-13-31-11-10-28-2/h3-18H2,1-2H3,(H,22,25)(H,23,26)(H,24,27). The molecular weight excluding hydrogens is 454 g/mol. The number of carbonyl (C=O) groups is 3. The number of likely N-dealkylation sites (N-methyl/N-ethyl adjacent to an activating group) is 1. The molecule has 0 aromatic heterocycles. The number of ether oxygens (including phenoxy) is 7. The number of rotatable bonds is 25. The van der Waals surface area contributed by atoms with Crippen LogP contribution in [-0.4, -0.2) is 131 Å². The van der Waals surface area contributed by atoms with E-state index in [0.29, 0.717) is 79.0 Å². The van der Waals surface area contributed by atoms with Crippen LogP contribution in [0.5, 0.6) is 0 Å². The van der Waals surface area contributed by atoms with Crippen molar-refractivity contribution in [3.63, 3.8) is 0 Å². The molecule has 0 fully saturated rings. The number of carbonyl (C=O) groups excluding carboxylic acids is 3. The fourth-order valence-corrected chi connectivity index (χ4v) is 2.14. The van der Waals surface area contributed by atoms with Crippen molar-refractivity contribution >= 4 is 17.7 Å². The van der Waals surface area contributed by atoms with Crippen molar-refractivity contribution in [1.29, 1.82) is 0 Å². The molecule has 0 heterocycles. The summed E-state index contributed by atoms with van der Waals surface area (Å²) in [6, 6.07) is 0. The molecule has 0 atom stereocenters. The summed E-state index contributed by atoms with van der Waals surface area (Å²) >= 11 is 0. The number of methoxy groups -OCH3 is 1. The van der Waals surface area contributed by atoms with Crippen molar-refractivity contribution in [3.05, 3.63) is 0 Å². The van der Waals surface area contributed by atoms with E-state index >= 15 is 0 Å². The molecule has 0 saturated carbocycles. The van der Waals surface area contributed by atoms with Crippen LogP contribution in [0.2, 0.25) is 0 Å². The van der Waals surface area contributed by atoms with Crippen molar-refractivity contribution < 1.29 is 47.5 Å². The Labute approximate surface area is 201 Å². The Hall–Kier alpha value is -1.87. The van der Waals surface area contributed by atoms with Crippen LogP contribution in [-0.2, 0) is 47.5 Å². The van der Waals surface area contributed by atoms with Crippen LogP contribution in [0.15, 0.2) is 0 Å². The lowest BCUT2D eigenvalue weighted by molar-refractivity contribution is -0.127. The second kappa shape index (κ2) is 25.7. The molecule has 13 heteroatoms. The highest BCUT2D eigenvalue weighted by atomic mass is 16.5. The molecule has 0 bridgehead atoms. The van der Waals surface area contributed by atoms with Crippen LogP contribution in [0.4, 0.5) is 0 Å². The highest BCUT2D eigenvalue weighted by Gasteiger charge is 2.02. The molecular formula is C21H41N3O10. The molecule has 0 saturated heterocycles. The molecule has 0 radical (unpaired) electrons. The summed E-state index contributed by atoms with van der Waals surface area (Å²) in [6.07, 6.45) is 0.663. The van der Waals surface area contributed by atoms with Gasteiger partial charge in [0.05, 0.1) is 52.9 Å². The minimum atomic E-state index is -0.242. The molecule has 0 aromatic carbocycles. The van der Waals surface area contributed by atoms with Gasteiger partial charge in [-0.25, -0.2) is 0 Å². The summed E-state index contributed by atoms with van der Waals surface area (Å²) in [4.78, 5) is 34.1. The lowest BCUT2D eigenvalue weighted by atomic mass is 10.5. The molecule has 3 amide bonds. The predicted octanol–water partition coefficient (Wildman–Crippen LogP) is -1.90. The maximum Gasteiger partial charge on any atom is 0.246 e. The Balaban J connectivity index is 3.28. The molecule has 0 aliphatic rings. The van der Waals surface area contributed by atoms with Gasteiger partial charge in [0.2, 0.25) is 17.7 Å². The molecule has 0 spiro atoms. The molecule has 0 aliphatic carbocycles. The average molecular weight is 496 g/mol. The summed E-state index contributed by atoms with van der Waals surface area (Å²) in [5, 5.41) is 7.81. The molecule has 200 valence electrons. The fraction of sp³-hybridized carbons (Fsp3) is 0.857. The summed E-state index contributed by atoms with van der Waals surface area (Å²) in [6.45, 7) is 4.62. The Morgan fingerprint density at radius 1 is 0.529 bits per heavy atom. The Morgan fingerprint density at radius 3 is 1.50 bits per heavy atom. The smallest absolute Gasteiger partial charge is 0.246 e. The summed E-state index contributed by atoms with van der Waals surface area (Å²) in [7, 11) is 3.15. The SMILES string of the molecule is CNC(=O)COCCCOCCNC(=O)COCCOCCNC(=O)COCCOCCOC. The van der Waals surface area contributed by atoms with E-state index in [9.17, 15) is 14.4 Å². The largest absolute Gasteiger partial charge is 0.382 e. The minimum Gasteiger partial charge on any atom is -0.382 e. The van der Waals surface area contributed by atoms with Crippen molar-refractivity contribution in [2.75, 3.05) is 113 Å². The highest BCUT2D eigenvalue weighted by molar-refractivity contribution is 5.77. The minimum absolute atomic E-state index is 0.0373. The Morgan fingerprint density at radius 2 is 0.941 bits per heavy atom. The van der Waals surface area contributed by atoms with Crippen LogP contribution in [0.1, 0.15) is 6.42 Å². The first-order chi connectivity index (χ1) is 16.6. The van der Waals surface area contributed by atoms with Gasteiger partial charge in [0.1, 0.15) is 19.8 Å². The lowest BCUT2D eigenvalue weighted by Gasteiger charge is -2.09. The normalized spacial score (nSPS) is 10.8. The summed E-state index contributed by atoms with van der Waals surface area (Å²) in [5.74, 6) is -0.639. The first-order valence-electron chi connectivity index (χ1n) is 11.3. The van der Waals surface area contributed by atoms with Crippen LogP contribution in [0.3, 0.4) is 0 Å². The van der Waals surface area contributed by atoms with Gasteiger partial charge >= 0.3 is 0 Å². The van der Waals surface area contributed by atoms with Gasteiger partial charge < -0.3 is 49.1 Å². The lowest BCUT2D eigenvalue weighted by Crippen LogP contribution is -2.32. The second-order valence-electron chi connectivity index (χ2n) is 6.71. The number of hydrogen-bond donors (Lipinski definition) is 3. The molecule has 0 unspecified atom stereocenters. The predicted molar refractivity (Wildman–Crippen MR) is 121 cm³/mol. The fourth-order valence-electron chi connectivity index (χ4n) is 2.14. The van der Waals surface area contributed by atoms with E-state index in [1.807, 2.05) is 0 Å². The van der Waals surface area contributed by atoms with Gasteiger partial charge in [-0.2, -0.15) is 0 Å². The Kier molecular flexibility index (Phi) is 24.3. The molecule has 0 aromatic rings. The van der Waals surface area contributed by atoms with Gasteiger partial charge in [-0.05, 0) is 6.42 Å². The monoisotopic (exact) mass is 495 g/mol. The van der Waals surface area contributed by atoms with Gasteiger partial charge in [0, 0.05) is 40.5 Å². The van der Waals surface area contributed by atoms with Crippen LogP contribution >= 0.6 is 0 Å². The van der Waals surface area contributed by atoms with E-state index in [2.05, 4.69) is 16.0 Å². The first-order valence-corrected chi connectivity index (χ1v) is 11.3. The van der Waals surface area contributed by atoms with Gasteiger partial charge in [-0.1, -0.05) is 0 Å². The number of amides is 3. The van der Waals surface area contributed by atoms with Gasteiger partial charge in [-0.3, -0.25) is 14.4 Å². The molecule has 0 aliphatic heterocycles. The van der Waals surface area contributed by atoms with E-state index in [1.165, 1.54) is 0 Å². The Bertz CT molecular complexity index is 511. The molecule has 0 rings (SSSR count). The van der Waals surface area contributed by atoms with E-state index in [0.717, 1.165) is 0 Å². The van der Waals surface area contributed by atoms with Crippen molar-refractivity contribution in [3.8, 4) is 0 Å². The summed E-state index contributed by atoms with van der Waals surface area (Å²) < 4.78 is 36.3. The zero-order chi connectivity index (χ0) is 25.1. The van der Waals surface area contributed by atoms with E-state index < -0.39 is 0 Å². The topological polar surface area (TPSA) is 152 Å². The zero-order valence-electron chi connectivity index (χ0n) is 20.4.